The van der Waals surface area contributed by atoms with Crippen LogP contribution in [0.2, 0.25) is 0 Å². The lowest BCUT2D eigenvalue weighted by Crippen LogP contribution is -2.41. The molecule has 0 bridgehead atoms. The van der Waals surface area contributed by atoms with Crippen LogP contribution in [0.25, 0.3) is 0 Å². The van der Waals surface area contributed by atoms with Gasteiger partial charge in [0.2, 0.25) is 11.8 Å². The van der Waals surface area contributed by atoms with Crippen molar-refractivity contribution in [1.82, 2.24) is 4.90 Å². The van der Waals surface area contributed by atoms with E-state index in [1.807, 2.05) is 12.1 Å². The average molecular weight is 346 g/mol. The van der Waals surface area contributed by atoms with E-state index in [0.717, 1.165) is 0 Å². The molecule has 2 saturated heterocycles. The summed E-state index contributed by atoms with van der Waals surface area (Å²) in [5.41, 5.74) is 0.656. The number of carbonyl (C=O) groups excluding carboxylic acids is 2. The van der Waals surface area contributed by atoms with Gasteiger partial charge in [-0.05, 0) is 25.5 Å². The Morgan fingerprint density at radius 3 is 2.64 bits per heavy atom. The van der Waals surface area contributed by atoms with Gasteiger partial charge in [0.25, 0.3) is 0 Å². The summed E-state index contributed by atoms with van der Waals surface area (Å²) in [7, 11) is 1.54. The van der Waals surface area contributed by atoms with E-state index in [4.69, 9.17) is 4.74 Å². The van der Waals surface area contributed by atoms with Crippen LogP contribution in [0.3, 0.4) is 0 Å². The Hall–Kier alpha value is -2.57. The molecule has 7 heteroatoms. The minimum absolute atomic E-state index is 0.121. The molecule has 2 fully saturated rings. The summed E-state index contributed by atoms with van der Waals surface area (Å²) in [6.45, 7) is 2.48. The van der Waals surface area contributed by atoms with E-state index in [1.165, 1.54) is 0 Å². The van der Waals surface area contributed by atoms with Gasteiger partial charge in [-0.1, -0.05) is 12.1 Å². The molecule has 0 radical (unpaired) electrons. The number of amides is 2. The van der Waals surface area contributed by atoms with Crippen LogP contribution in [0.1, 0.15) is 19.8 Å². The molecule has 0 spiro atoms. The molecule has 1 aromatic carbocycles. The second kappa shape index (κ2) is 6.74. The number of hydrogen-bond acceptors (Lipinski definition) is 4. The van der Waals surface area contributed by atoms with E-state index in [2.05, 4.69) is 0 Å². The molecule has 2 heterocycles. The number of para-hydroxylation sites is 2. The summed E-state index contributed by atoms with van der Waals surface area (Å²) in [5.74, 6) is -1.53. The number of benzene rings is 1. The first kappa shape index (κ1) is 17.3. The topological polar surface area (TPSA) is 87.2 Å². The first-order valence-electron chi connectivity index (χ1n) is 8.40. The second-order valence-electron chi connectivity index (χ2n) is 6.58. The maximum absolute atomic E-state index is 12.8. The van der Waals surface area contributed by atoms with Gasteiger partial charge in [0, 0.05) is 25.6 Å². The molecule has 2 aliphatic heterocycles. The Morgan fingerprint density at radius 2 is 2.00 bits per heavy atom. The fraction of sp³-hybridized carbons (Fsp3) is 0.500. The molecule has 25 heavy (non-hydrogen) atoms. The number of anilines is 1. The molecule has 0 aromatic heterocycles. The van der Waals surface area contributed by atoms with Gasteiger partial charge in [0.15, 0.2) is 0 Å². The highest BCUT2D eigenvalue weighted by atomic mass is 16.5. The van der Waals surface area contributed by atoms with Crippen LogP contribution in [0.5, 0.6) is 5.75 Å². The third kappa shape index (κ3) is 3.06. The zero-order valence-corrected chi connectivity index (χ0v) is 14.3. The molecule has 1 aromatic rings. The van der Waals surface area contributed by atoms with E-state index in [9.17, 15) is 19.5 Å². The SMILES string of the molecule is COc1ccccc1N1CC(C(=O)N2CCC(C(=O)O)C2C)CC1=O. The van der Waals surface area contributed by atoms with Crippen LogP contribution < -0.4 is 9.64 Å². The molecule has 3 atom stereocenters. The molecular formula is C18H22N2O5. The number of carboxylic acid groups (broad SMARTS) is 1. The van der Waals surface area contributed by atoms with Crippen molar-refractivity contribution < 1.29 is 24.2 Å². The smallest absolute Gasteiger partial charge is 0.308 e. The summed E-state index contributed by atoms with van der Waals surface area (Å²) >= 11 is 0. The Bertz CT molecular complexity index is 704. The normalized spacial score (nSPS) is 26.2. The highest BCUT2D eigenvalue weighted by Crippen LogP contribution is 2.34. The maximum atomic E-state index is 12.8. The van der Waals surface area contributed by atoms with E-state index in [1.54, 1.807) is 36.0 Å². The molecule has 1 N–H and O–H groups in total. The maximum Gasteiger partial charge on any atom is 0.308 e. The quantitative estimate of drug-likeness (QED) is 0.890. The number of nitrogens with zero attached hydrogens (tertiary/aromatic N) is 2. The minimum atomic E-state index is -0.874. The third-order valence-corrected chi connectivity index (χ3v) is 5.21. The molecule has 2 aliphatic rings. The summed E-state index contributed by atoms with van der Waals surface area (Å²) in [4.78, 5) is 39.7. The van der Waals surface area contributed by atoms with Crippen molar-refractivity contribution in [1.29, 1.82) is 0 Å². The Kier molecular flexibility index (Phi) is 4.65. The molecule has 0 aliphatic carbocycles. The summed E-state index contributed by atoms with van der Waals surface area (Å²) < 4.78 is 5.30. The van der Waals surface area contributed by atoms with Gasteiger partial charge in [-0.3, -0.25) is 14.4 Å². The Labute approximate surface area is 146 Å². The highest BCUT2D eigenvalue weighted by molar-refractivity contribution is 6.01. The molecule has 134 valence electrons. The second-order valence-corrected chi connectivity index (χ2v) is 6.58. The first-order chi connectivity index (χ1) is 11.9. The van der Waals surface area contributed by atoms with Crippen molar-refractivity contribution >= 4 is 23.5 Å². The predicted molar refractivity (Wildman–Crippen MR) is 90.4 cm³/mol. The predicted octanol–water partition coefficient (Wildman–Crippen LogP) is 1.37. The summed E-state index contributed by atoms with van der Waals surface area (Å²) in [6.07, 6.45) is 0.594. The summed E-state index contributed by atoms with van der Waals surface area (Å²) in [5, 5.41) is 9.22. The van der Waals surface area contributed by atoms with Gasteiger partial charge in [-0.15, -0.1) is 0 Å². The van der Waals surface area contributed by atoms with Gasteiger partial charge in [-0.2, -0.15) is 0 Å². The van der Waals surface area contributed by atoms with E-state index < -0.39 is 17.8 Å². The van der Waals surface area contributed by atoms with E-state index in [0.29, 0.717) is 30.9 Å². The summed E-state index contributed by atoms with van der Waals surface area (Å²) in [6, 6.07) is 6.87. The lowest BCUT2D eigenvalue weighted by Gasteiger charge is -2.26. The van der Waals surface area contributed by atoms with Crippen molar-refractivity contribution in [3.8, 4) is 5.75 Å². The molecular weight excluding hydrogens is 324 g/mol. The fourth-order valence-electron chi connectivity index (χ4n) is 3.77. The van der Waals surface area contributed by atoms with Crippen LogP contribution >= 0.6 is 0 Å². The van der Waals surface area contributed by atoms with E-state index >= 15 is 0 Å². The van der Waals surface area contributed by atoms with Crippen LogP contribution in [0.15, 0.2) is 24.3 Å². The lowest BCUT2D eigenvalue weighted by molar-refractivity contribution is -0.143. The van der Waals surface area contributed by atoms with Crippen molar-refractivity contribution in [2.75, 3.05) is 25.1 Å². The number of rotatable bonds is 4. The number of carbonyl (C=O) groups is 3. The first-order valence-corrected chi connectivity index (χ1v) is 8.40. The standard InChI is InChI=1S/C18H22N2O5/c1-11-13(18(23)24)7-8-19(11)17(22)12-9-16(21)20(10-12)14-5-3-4-6-15(14)25-2/h3-6,11-13H,7-10H2,1-2H3,(H,23,24). The van der Waals surface area contributed by atoms with Gasteiger partial charge in [-0.25, -0.2) is 0 Å². The van der Waals surface area contributed by atoms with Crippen molar-refractivity contribution in [3.05, 3.63) is 24.3 Å². The molecule has 3 rings (SSSR count). The molecule has 7 nitrogen and oxygen atoms in total. The monoisotopic (exact) mass is 346 g/mol. The Balaban J connectivity index is 1.74. The number of ether oxygens (including phenoxy) is 1. The number of hydrogen-bond donors (Lipinski definition) is 1. The highest BCUT2D eigenvalue weighted by Gasteiger charge is 2.43. The third-order valence-electron chi connectivity index (χ3n) is 5.21. The van der Waals surface area contributed by atoms with Crippen LogP contribution in [0.4, 0.5) is 5.69 Å². The zero-order valence-electron chi connectivity index (χ0n) is 14.3. The van der Waals surface area contributed by atoms with Crippen LogP contribution in [0, 0.1) is 11.8 Å². The number of methoxy groups -OCH3 is 1. The van der Waals surface area contributed by atoms with Crippen molar-refractivity contribution in [2.45, 2.75) is 25.8 Å². The van der Waals surface area contributed by atoms with Crippen LogP contribution in [-0.4, -0.2) is 54.0 Å². The lowest BCUT2D eigenvalue weighted by atomic mass is 10.0. The van der Waals surface area contributed by atoms with Crippen LogP contribution in [-0.2, 0) is 14.4 Å². The molecule has 0 saturated carbocycles. The fourth-order valence-corrected chi connectivity index (χ4v) is 3.77. The average Bonchev–Trinajstić information content (AvgIpc) is 3.17. The molecule has 2 amide bonds. The number of aliphatic carboxylic acids is 1. The van der Waals surface area contributed by atoms with Crippen molar-refractivity contribution in [3.63, 3.8) is 0 Å². The number of likely N-dealkylation sites (tertiary alicyclic amines) is 1. The van der Waals surface area contributed by atoms with Gasteiger partial charge in [0.05, 0.1) is 24.6 Å². The zero-order chi connectivity index (χ0) is 18.1. The Morgan fingerprint density at radius 1 is 1.28 bits per heavy atom. The largest absolute Gasteiger partial charge is 0.495 e. The van der Waals surface area contributed by atoms with E-state index in [-0.39, 0.29) is 24.3 Å². The number of carboxylic acids is 1. The van der Waals surface area contributed by atoms with Crippen molar-refractivity contribution in [2.24, 2.45) is 11.8 Å². The molecule has 3 unspecified atom stereocenters. The van der Waals surface area contributed by atoms with Gasteiger partial charge in [0.1, 0.15) is 5.75 Å². The van der Waals surface area contributed by atoms with Gasteiger partial charge < -0.3 is 19.6 Å². The minimum Gasteiger partial charge on any atom is -0.495 e. The van der Waals surface area contributed by atoms with Gasteiger partial charge >= 0.3 is 5.97 Å².